The Morgan fingerprint density at radius 3 is 2.80 bits per heavy atom. The van der Waals surface area contributed by atoms with Crippen LogP contribution in [0.5, 0.6) is 0 Å². The summed E-state index contributed by atoms with van der Waals surface area (Å²) in [5.74, 6) is 0.204. The van der Waals surface area contributed by atoms with Gasteiger partial charge in [0.15, 0.2) is 5.78 Å². The van der Waals surface area contributed by atoms with Crippen molar-refractivity contribution in [2.24, 2.45) is 0 Å². The molecule has 4 heteroatoms. The highest BCUT2D eigenvalue weighted by Crippen LogP contribution is 2.17. The Morgan fingerprint density at radius 2 is 2.15 bits per heavy atom. The number of piperidine rings is 1. The molecule has 3 nitrogen and oxygen atoms in total. The van der Waals surface area contributed by atoms with Gasteiger partial charge in [0.25, 0.3) is 0 Å². The van der Waals surface area contributed by atoms with Crippen molar-refractivity contribution >= 4 is 17.5 Å². The van der Waals surface area contributed by atoms with Crippen LogP contribution >= 0.6 is 11.8 Å². The van der Waals surface area contributed by atoms with E-state index in [1.54, 1.807) is 11.8 Å². The maximum atomic E-state index is 12.3. The lowest BCUT2D eigenvalue weighted by molar-refractivity contribution is 0.00718. The molecule has 110 valence electrons. The van der Waals surface area contributed by atoms with Gasteiger partial charge >= 0.3 is 0 Å². The first kappa shape index (κ1) is 15.5. The van der Waals surface area contributed by atoms with Crippen LogP contribution in [0.2, 0.25) is 0 Å². The Bertz CT molecular complexity index is 431. The maximum absolute atomic E-state index is 12.3. The summed E-state index contributed by atoms with van der Waals surface area (Å²) in [4.78, 5) is 15.7. The van der Waals surface area contributed by atoms with Crippen molar-refractivity contribution in [1.82, 2.24) is 4.90 Å². The average Bonchev–Trinajstić information content (AvgIpc) is 2.48. The third kappa shape index (κ3) is 4.33. The van der Waals surface area contributed by atoms with E-state index in [-0.39, 0.29) is 5.78 Å². The summed E-state index contributed by atoms with van der Waals surface area (Å²) < 4.78 is 5.67. The zero-order chi connectivity index (χ0) is 14.4. The minimum Gasteiger partial charge on any atom is -0.377 e. The number of carbonyl (C=O) groups is 1. The summed E-state index contributed by atoms with van der Waals surface area (Å²) in [5, 5.41) is 0. The second kappa shape index (κ2) is 7.81. The van der Waals surface area contributed by atoms with Gasteiger partial charge in [0, 0.05) is 23.6 Å². The van der Waals surface area contributed by atoms with Gasteiger partial charge in [0.05, 0.1) is 12.6 Å². The smallest absolute Gasteiger partial charge is 0.176 e. The van der Waals surface area contributed by atoms with E-state index in [4.69, 9.17) is 4.74 Å². The van der Waals surface area contributed by atoms with Crippen LogP contribution in [0.15, 0.2) is 29.2 Å². The number of carbonyl (C=O) groups excluding carboxylic acids is 1. The molecule has 0 bridgehead atoms. The molecule has 1 aromatic carbocycles. The maximum Gasteiger partial charge on any atom is 0.176 e. The second-order valence-corrected chi connectivity index (χ2v) is 5.99. The van der Waals surface area contributed by atoms with Crippen LogP contribution in [-0.4, -0.2) is 49.3 Å². The first-order valence-corrected chi connectivity index (χ1v) is 8.46. The van der Waals surface area contributed by atoms with Crippen molar-refractivity contribution in [3.8, 4) is 0 Å². The Hall–Kier alpha value is -0.840. The standard InChI is InChI=1S/C16H23NO2S/c1-3-19-14-5-4-10-17(11-14)12-16(18)13-6-8-15(20-2)9-7-13/h6-9,14H,3-5,10-12H2,1-2H3. The summed E-state index contributed by atoms with van der Waals surface area (Å²) in [7, 11) is 0. The molecular formula is C16H23NO2S. The van der Waals surface area contributed by atoms with Crippen molar-refractivity contribution in [1.29, 1.82) is 0 Å². The van der Waals surface area contributed by atoms with Gasteiger partial charge < -0.3 is 4.74 Å². The fraction of sp³-hybridized carbons (Fsp3) is 0.562. The molecular weight excluding hydrogens is 270 g/mol. The lowest BCUT2D eigenvalue weighted by Gasteiger charge is -2.31. The predicted octanol–water partition coefficient (Wildman–Crippen LogP) is 3.09. The molecule has 1 fully saturated rings. The minimum atomic E-state index is 0.204. The molecule has 0 aromatic heterocycles. The molecule has 0 aliphatic carbocycles. The van der Waals surface area contributed by atoms with Crippen molar-refractivity contribution in [3.63, 3.8) is 0 Å². The molecule has 0 radical (unpaired) electrons. The van der Waals surface area contributed by atoms with E-state index in [0.717, 1.165) is 38.1 Å². The Labute approximate surface area is 125 Å². The summed E-state index contributed by atoms with van der Waals surface area (Å²) in [6, 6.07) is 7.88. The Kier molecular flexibility index (Phi) is 6.07. The topological polar surface area (TPSA) is 29.5 Å². The molecule has 2 rings (SSSR count). The number of ketones is 1. The molecule has 1 saturated heterocycles. The summed E-state index contributed by atoms with van der Waals surface area (Å²) >= 11 is 1.69. The first-order valence-electron chi connectivity index (χ1n) is 7.24. The van der Waals surface area contributed by atoms with Gasteiger partial charge in [-0.15, -0.1) is 11.8 Å². The highest BCUT2D eigenvalue weighted by Gasteiger charge is 2.22. The van der Waals surface area contributed by atoms with E-state index in [1.807, 2.05) is 37.4 Å². The first-order chi connectivity index (χ1) is 9.72. The highest BCUT2D eigenvalue weighted by atomic mass is 32.2. The largest absolute Gasteiger partial charge is 0.377 e. The summed E-state index contributed by atoms with van der Waals surface area (Å²) in [6.07, 6.45) is 4.56. The molecule has 1 unspecified atom stereocenters. The molecule has 1 heterocycles. The molecule has 1 aliphatic heterocycles. The van der Waals surface area contributed by atoms with Gasteiger partial charge in [-0.3, -0.25) is 9.69 Å². The molecule has 20 heavy (non-hydrogen) atoms. The van der Waals surface area contributed by atoms with Crippen LogP contribution in [0.1, 0.15) is 30.1 Å². The van der Waals surface area contributed by atoms with E-state index in [0.29, 0.717) is 12.6 Å². The molecule has 0 spiro atoms. The molecule has 1 aliphatic rings. The van der Waals surface area contributed by atoms with E-state index in [9.17, 15) is 4.79 Å². The lowest BCUT2D eigenvalue weighted by Crippen LogP contribution is -2.42. The third-order valence-electron chi connectivity index (χ3n) is 3.64. The molecule has 1 atom stereocenters. The normalized spacial score (nSPS) is 20.0. The van der Waals surface area contributed by atoms with Crippen LogP contribution in [0.25, 0.3) is 0 Å². The zero-order valence-electron chi connectivity index (χ0n) is 12.3. The fourth-order valence-electron chi connectivity index (χ4n) is 2.60. The van der Waals surface area contributed by atoms with Crippen LogP contribution in [0.3, 0.4) is 0 Å². The van der Waals surface area contributed by atoms with Gasteiger partial charge in [0.1, 0.15) is 0 Å². The number of ether oxygens (including phenoxy) is 1. The third-order valence-corrected chi connectivity index (χ3v) is 4.39. The number of rotatable bonds is 6. The van der Waals surface area contributed by atoms with Gasteiger partial charge in [-0.2, -0.15) is 0 Å². The van der Waals surface area contributed by atoms with Gasteiger partial charge in [-0.25, -0.2) is 0 Å². The monoisotopic (exact) mass is 293 g/mol. The van der Waals surface area contributed by atoms with Gasteiger partial charge in [0.2, 0.25) is 0 Å². The number of likely N-dealkylation sites (tertiary alicyclic amines) is 1. The number of thioether (sulfide) groups is 1. The van der Waals surface area contributed by atoms with E-state index >= 15 is 0 Å². The van der Waals surface area contributed by atoms with Gasteiger partial charge in [-0.05, 0) is 44.7 Å². The van der Waals surface area contributed by atoms with E-state index < -0.39 is 0 Å². The van der Waals surface area contributed by atoms with Crippen LogP contribution in [0, 0.1) is 0 Å². The van der Waals surface area contributed by atoms with Crippen LogP contribution in [-0.2, 0) is 4.74 Å². The second-order valence-electron chi connectivity index (χ2n) is 5.11. The number of benzene rings is 1. The summed E-state index contributed by atoms with van der Waals surface area (Å²) in [5.41, 5.74) is 0.807. The summed E-state index contributed by atoms with van der Waals surface area (Å²) in [6.45, 7) is 5.16. The predicted molar refractivity (Wildman–Crippen MR) is 83.6 cm³/mol. The molecule has 0 N–H and O–H groups in total. The molecule has 1 aromatic rings. The van der Waals surface area contributed by atoms with E-state index in [2.05, 4.69) is 4.90 Å². The number of Topliss-reactive ketones (excluding diaryl/α,β-unsaturated/α-hetero) is 1. The number of hydrogen-bond acceptors (Lipinski definition) is 4. The number of nitrogens with zero attached hydrogens (tertiary/aromatic N) is 1. The van der Waals surface area contributed by atoms with Crippen molar-refractivity contribution < 1.29 is 9.53 Å². The van der Waals surface area contributed by atoms with E-state index in [1.165, 1.54) is 4.90 Å². The lowest BCUT2D eigenvalue weighted by atomic mass is 10.1. The van der Waals surface area contributed by atoms with Crippen molar-refractivity contribution in [2.45, 2.75) is 30.8 Å². The molecule has 0 saturated carbocycles. The van der Waals surface area contributed by atoms with Gasteiger partial charge in [-0.1, -0.05) is 12.1 Å². The van der Waals surface area contributed by atoms with Crippen LogP contribution in [0.4, 0.5) is 0 Å². The SMILES string of the molecule is CCOC1CCCN(CC(=O)c2ccc(SC)cc2)C1. The number of hydrogen-bond donors (Lipinski definition) is 0. The fourth-order valence-corrected chi connectivity index (χ4v) is 3.01. The van der Waals surface area contributed by atoms with Crippen LogP contribution < -0.4 is 0 Å². The molecule has 0 amide bonds. The highest BCUT2D eigenvalue weighted by molar-refractivity contribution is 7.98. The Balaban J connectivity index is 1.89. The Morgan fingerprint density at radius 1 is 1.40 bits per heavy atom. The average molecular weight is 293 g/mol. The van der Waals surface area contributed by atoms with Crippen molar-refractivity contribution in [2.75, 3.05) is 32.5 Å². The minimum absolute atomic E-state index is 0.204. The zero-order valence-corrected chi connectivity index (χ0v) is 13.1. The quantitative estimate of drug-likeness (QED) is 0.595. The van der Waals surface area contributed by atoms with Crippen molar-refractivity contribution in [3.05, 3.63) is 29.8 Å².